The second kappa shape index (κ2) is 7.41. The number of amides is 1. The van der Waals surface area contributed by atoms with Gasteiger partial charge >= 0.3 is 6.09 Å². The van der Waals surface area contributed by atoms with Crippen LogP contribution in [0.5, 0.6) is 0 Å². The summed E-state index contributed by atoms with van der Waals surface area (Å²) in [6.45, 7) is 6.94. The highest BCUT2D eigenvalue weighted by molar-refractivity contribution is 5.75. The van der Waals surface area contributed by atoms with E-state index in [0.717, 1.165) is 19.1 Å². The molecule has 1 saturated heterocycles. The van der Waals surface area contributed by atoms with E-state index < -0.39 is 5.60 Å². The van der Waals surface area contributed by atoms with Gasteiger partial charge < -0.3 is 19.2 Å². The number of piperidine rings is 1. The van der Waals surface area contributed by atoms with Crippen LogP contribution in [0.1, 0.15) is 33.6 Å². The van der Waals surface area contributed by atoms with Crippen molar-refractivity contribution in [3.63, 3.8) is 0 Å². The molecule has 0 spiro atoms. The Kier molecular flexibility index (Phi) is 6.98. The average molecular weight is 254 g/mol. The van der Waals surface area contributed by atoms with Crippen molar-refractivity contribution in [2.75, 3.05) is 19.7 Å². The van der Waals surface area contributed by atoms with Crippen LogP contribution in [0.3, 0.4) is 0 Å². The van der Waals surface area contributed by atoms with E-state index in [2.05, 4.69) is 0 Å². The lowest BCUT2D eigenvalue weighted by atomic mass is 10.1. The van der Waals surface area contributed by atoms with Crippen molar-refractivity contribution in [1.82, 2.24) is 4.90 Å². The minimum atomic E-state index is -0.456. The van der Waals surface area contributed by atoms with Gasteiger partial charge in [-0.1, -0.05) is 0 Å². The molecule has 0 atom stereocenters. The van der Waals surface area contributed by atoms with E-state index in [1.165, 1.54) is 0 Å². The number of likely N-dealkylation sites (tertiary alicyclic amines) is 1. The third-order valence-electron chi connectivity index (χ3n) is 2.49. The second-order valence-corrected chi connectivity index (χ2v) is 5.17. The molecule has 3 radical (unpaired) electrons. The van der Waals surface area contributed by atoms with Gasteiger partial charge in [-0.05, 0) is 33.6 Å². The Morgan fingerprint density at radius 3 is 2.33 bits per heavy atom. The van der Waals surface area contributed by atoms with E-state index >= 15 is 0 Å². The average Bonchev–Trinajstić information content (AvgIpc) is 2.24. The Bertz CT molecular complexity index is 270. The van der Waals surface area contributed by atoms with E-state index in [-0.39, 0.29) is 27.2 Å². The Hall–Kier alpha value is -1.04. The van der Waals surface area contributed by atoms with Gasteiger partial charge in [-0.2, -0.15) is 0 Å². The van der Waals surface area contributed by atoms with E-state index in [1.807, 2.05) is 20.8 Å². The molecule has 18 heavy (non-hydrogen) atoms. The zero-order valence-corrected chi connectivity index (χ0v) is 11.3. The number of carbonyl (C=O) groups is 2. The minimum absolute atomic E-state index is 0. The molecule has 0 N–H and O–H groups in total. The topological polar surface area (TPSA) is 55.8 Å². The Balaban J connectivity index is 0.00000289. The molecular formula is C12H21BNO4. The molecule has 0 bridgehead atoms. The fraction of sp³-hybridized carbons (Fsp3) is 0.833. The molecule has 6 heteroatoms. The summed E-state index contributed by atoms with van der Waals surface area (Å²) in [5.41, 5.74) is -0.456. The van der Waals surface area contributed by atoms with E-state index in [9.17, 15) is 9.59 Å². The van der Waals surface area contributed by atoms with Crippen LogP contribution in [0.25, 0.3) is 0 Å². The SMILES string of the molecule is CC(C)(C)OC(=O)N1CCC(OCC=O)CC1.[B]. The zero-order valence-electron chi connectivity index (χ0n) is 11.3. The lowest BCUT2D eigenvalue weighted by molar-refractivity contribution is -0.114. The predicted octanol–water partition coefficient (Wildman–Crippen LogP) is 1.22. The van der Waals surface area contributed by atoms with Gasteiger partial charge in [-0.3, -0.25) is 0 Å². The Morgan fingerprint density at radius 1 is 1.33 bits per heavy atom. The van der Waals surface area contributed by atoms with Gasteiger partial charge in [0.25, 0.3) is 0 Å². The summed E-state index contributed by atoms with van der Waals surface area (Å²) in [6, 6.07) is 0. The zero-order chi connectivity index (χ0) is 12.9. The number of aldehydes is 1. The van der Waals surface area contributed by atoms with Crippen LogP contribution in [0.4, 0.5) is 4.79 Å². The van der Waals surface area contributed by atoms with Crippen molar-refractivity contribution in [2.45, 2.75) is 45.3 Å². The third-order valence-corrected chi connectivity index (χ3v) is 2.49. The molecule has 1 aliphatic heterocycles. The summed E-state index contributed by atoms with van der Waals surface area (Å²) in [4.78, 5) is 23.6. The van der Waals surface area contributed by atoms with Crippen molar-refractivity contribution in [3.05, 3.63) is 0 Å². The number of hydrogen-bond donors (Lipinski definition) is 0. The first-order chi connectivity index (χ1) is 7.92. The summed E-state index contributed by atoms with van der Waals surface area (Å²) >= 11 is 0. The van der Waals surface area contributed by atoms with Crippen LogP contribution in [-0.2, 0) is 14.3 Å². The van der Waals surface area contributed by atoms with Crippen molar-refractivity contribution < 1.29 is 19.1 Å². The molecule has 1 amide bonds. The van der Waals surface area contributed by atoms with Crippen molar-refractivity contribution >= 4 is 20.8 Å². The first-order valence-corrected chi connectivity index (χ1v) is 5.95. The third kappa shape index (κ3) is 6.05. The first kappa shape index (κ1) is 17.0. The highest BCUT2D eigenvalue weighted by Crippen LogP contribution is 2.16. The maximum atomic E-state index is 11.7. The van der Waals surface area contributed by atoms with Crippen LogP contribution in [0.2, 0.25) is 0 Å². The van der Waals surface area contributed by atoms with E-state index in [4.69, 9.17) is 9.47 Å². The maximum Gasteiger partial charge on any atom is 0.410 e. The van der Waals surface area contributed by atoms with Gasteiger partial charge in [-0.15, -0.1) is 0 Å². The second-order valence-electron chi connectivity index (χ2n) is 5.17. The number of rotatable bonds is 3. The molecule has 0 aromatic carbocycles. The smallest absolute Gasteiger partial charge is 0.410 e. The molecule has 0 aromatic heterocycles. The minimum Gasteiger partial charge on any atom is -0.444 e. The van der Waals surface area contributed by atoms with E-state index in [1.54, 1.807) is 4.90 Å². The highest BCUT2D eigenvalue weighted by Gasteiger charge is 2.26. The molecule has 1 fully saturated rings. The maximum absolute atomic E-state index is 11.7. The normalized spacial score (nSPS) is 16.9. The summed E-state index contributed by atoms with van der Waals surface area (Å²) in [7, 11) is 0. The van der Waals surface area contributed by atoms with Crippen LogP contribution < -0.4 is 0 Å². The molecule has 0 aliphatic carbocycles. The standard InChI is InChI=1S/C12H21NO4.B/c1-12(2,3)17-11(15)13-6-4-10(5-7-13)16-9-8-14;/h8,10H,4-7,9H2,1-3H3;. The number of carbonyl (C=O) groups excluding carboxylic acids is 2. The van der Waals surface area contributed by atoms with Crippen molar-refractivity contribution in [3.8, 4) is 0 Å². The fourth-order valence-electron chi connectivity index (χ4n) is 1.71. The van der Waals surface area contributed by atoms with Crippen LogP contribution in [-0.4, -0.2) is 57.1 Å². The Labute approximate surface area is 110 Å². The quantitative estimate of drug-likeness (QED) is 0.561. The molecule has 1 aliphatic rings. The molecule has 0 aromatic rings. The largest absolute Gasteiger partial charge is 0.444 e. The molecule has 0 unspecified atom stereocenters. The van der Waals surface area contributed by atoms with Crippen molar-refractivity contribution in [1.29, 1.82) is 0 Å². The number of hydrogen-bond acceptors (Lipinski definition) is 4. The van der Waals surface area contributed by atoms with Gasteiger partial charge in [0.2, 0.25) is 0 Å². The lowest BCUT2D eigenvalue weighted by Gasteiger charge is -2.33. The number of ether oxygens (including phenoxy) is 2. The van der Waals surface area contributed by atoms with Gasteiger partial charge in [0.05, 0.1) is 6.10 Å². The van der Waals surface area contributed by atoms with Gasteiger partial charge in [-0.25, -0.2) is 4.79 Å². The highest BCUT2D eigenvalue weighted by atomic mass is 16.6. The fourth-order valence-corrected chi connectivity index (χ4v) is 1.71. The molecule has 0 saturated carbocycles. The molecule has 1 rings (SSSR count). The molecule has 5 nitrogen and oxygen atoms in total. The predicted molar refractivity (Wildman–Crippen MR) is 68.6 cm³/mol. The van der Waals surface area contributed by atoms with Gasteiger partial charge in [0.15, 0.2) is 0 Å². The summed E-state index contributed by atoms with van der Waals surface area (Å²) in [5.74, 6) is 0. The van der Waals surface area contributed by atoms with Gasteiger partial charge in [0, 0.05) is 21.5 Å². The Morgan fingerprint density at radius 2 is 1.89 bits per heavy atom. The molecular weight excluding hydrogens is 233 g/mol. The van der Waals surface area contributed by atoms with Crippen molar-refractivity contribution in [2.24, 2.45) is 0 Å². The van der Waals surface area contributed by atoms with Gasteiger partial charge in [0.1, 0.15) is 18.5 Å². The lowest BCUT2D eigenvalue weighted by Crippen LogP contribution is -2.43. The van der Waals surface area contributed by atoms with Crippen LogP contribution in [0, 0.1) is 0 Å². The summed E-state index contributed by atoms with van der Waals surface area (Å²) in [6.07, 6.45) is 2.07. The molecule has 1 heterocycles. The number of nitrogens with zero attached hydrogens (tertiary/aromatic N) is 1. The summed E-state index contributed by atoms with van der Waals surface area (Å²) < 4.78 is 10.6. The monoisotopic (exact) mass is 254 g/mol. The van der Waals surface area contributed by atoms with Crippen LogP contribution in [0.15, 0.2) is 0 Å². The van der Waals surface area contributed by atoms with E-state index in [0.29, 0.717) is 13.1 Å². The summed E-state index contributed by atoms with van der Waals surface area (Å²) in [5, 5.41) is 0. The molecule has 101 valence electrons. The van der Waals surface area contributed by atoms with Crippen LogP contribution >= 0.6 is 0 Å². The first-order valence-electron chi connectivity index (χ1n) is 5.95.